The Balaban J connectivity index is 0.000000508. The van der Waals surface area contributed by atoms with Crippen LogP contribution < -0.4 is 46.7 Å². The van der Waals surface area contributed by atoms with Gasteiger partial charge in [0.15, 0.2) is 0 Å². The van der Waals surface area contributed by atoms with Gasteiger partial charge in [-0.15, -0.1) is 0 Å². The van der Waals surface area contributed by atoms with Crippen molar-refractivity contribution in [3.63, 3.8) is 0 Å². The van der Waals surface area contributed by atoms with Crippen LogP contribution in [-0.2, 0) is 24.0 Å². The summed E-state index contributed by atoms with van der Waals surface area (Å²) >= 11 is 0. The molecule has 0 saturated carbocycles. The fourth-order valence-corrected chi connectivity index (χ4v) is 13.1. The predicted octanol–water partition coefficient (Wildman–Crippen LogP) is 29.4. The van der Waals surface area contributed by atoms with E-state index in [1.54, 1.807) is 148 Å². The van der Waals surface area contributed by atoms with Gasteiger partial charge in [-0.05, 0) is 239 Å². The van der Waals surface area contributed by atoms with E-state index in [1.165, 1.54) is 186 Å². The fraction of sp³-hybridized carbons (Fsp3) is 0.505. The molecule has 0 aliphatic rings. The van der Waals surface area contributed by atoms with Crippen LogP contribution in [0.1, 0.15) is 325 Å². The molecule has 8 aromatic carbocycles. The number of phenolic OH excluding ortho intramolecular Hbond substituents is 6. The van der Waals surface area contributed by atoms with E-state index in [2.05, 4.69) is 78.8 Å². The summed E-state index contributed by atoms with van der Waals surface area (Å²) in [5.41, 5.74) is 6.81. The van der Waals surface area contributed by atoms with Crippen LogP contribution in [0.3, 0.4) is 0 Å². The van der Waals surface area contributed by atoms with Gasteiger partial charge in [0, 0.05) is 84.1 Å². The summed E-state index contributed by atoms with van der Waals surface area (Å²) < 4.78 is 10.2. The number of amides is 5. The Morgan fingerprint density at radius 2 is 0.433 bits per heavy atom. The van der Waals surface area contributed by atoms with Gasteiger partial charge in [0.2, 0.25) is 29.5 Å². The van der Waals surface area contributed by atoms with Crippen LogP contribution in [0.5, 0.6) is 46.0 Å². The first kappa shape index (κ1) is 112. The summed E-state index contributed by atoms with van der Waals surface area (Å²) in [5, 5.41) is 75.3. The number of benzene rings is 8. The highest BCUT2D eigenvalue weighted by Gasteiger charge is 2.09. The number of ether oxygens (including phenoxy) is 2. The standard InChI is InChI=1S/C24H41NO2.C18H29NO2.C16H25NO2.C15H23NO2.C14H15NO2.C10H13NO2.C10H15NO/c1-2-3-4-5-6-7-8-9-10-11-12-13-14-15-16-17-24(27)25-22-18-20-23(26)21-19-22;1-2-3-4-5-6-7-8-9-10-11-18(21)19-16-12-14-17(20)15-13-16;1-13(2)7-5-3-4-6-8-16(19)17-14-9-11-15(18)12-10-14;1-2-3-4-5-6-7-8-15(18)16-13-9-11-14(17)12-10-13;1-16-13-7-3-11(4-8-13)15-12-5-9-14(17-2)10-6-12;1-2-3-10(13)11-8-4-6-9(12)7-5-8;1-2-3-8-11-9-4-6-10(12)7-5-9/h18-21,26H,2-17H2,1H3,(H,25,27);12-15,20H,2-11H2,1H3,(H,19,21);9-13,18H,3-8H2,1-2H3,(H,17,19);9-12,17H,2-8H2,1H3,(H,16,18);3-10,15H,1-2H3;4-7,12H,2-3H2,1H3,(H,11,13);4-7,11-12H,2-3,8H2,1H3. The van der Waals surface area contributed by atoms with Gasteiger partial charge in [0.1, 0.15) is 46.0 Å². The molecule has 0 atom stereocenters. The third-order valence-electron chi connectivity index (χ3n) is 20.6. The largest absolute Gasteiger partial charge is 0.508 e. The van der Waals surface area contributed by atoms with Crippen molar-refractivity contribution in [1.82, 2.24) is 0 Å². The number of hydrogen-bond donors (Lipinski definition) is 13. The maximum atomic E-state index is 11.9. The lowest BCUT2D eigenvalue weighted by atomic mass is 10.0. The number of carbonyl (C=O) groups excluding carboxylic acids is 5. The number of hydrogen-bond acceptors (Lipinski definition) is 15. The monoisotopic (exact) mass is 1750 g/mol. The Morgan fingerprint density at radius 1 is 0.236 bits per heavy atom. The molecule has 0 aliphatic heterocycles. The van der Waals surface area contributed by atoms with E-state index in [1.807, 2.05) is 67.6 Å². The molecule has 0 heterocycles. The van der Waals surface area contributed by atoms with Crippen molar-refractivity contribution >= 4 is 75.0 Å². The minimum absolute atomic E-state index is 0.00758. The molecule has 0 radical (unpaired) electrons. The van der Waals surface area contributed by atoms with E-state index in [9.17, 15) is 29.1 Å². The molecule has 0 aliphatic carbocycles. The van der Waals surface area contributed by atoms with Gasteiger partial charge in [0.25, 0.3) is 0 Å². The lowest BCUT2D eigenvalue weighted by molar-refractivity contribution is -0.117. The molecule has 0 spiro atoms. The van der Waals surface area contributed by atoms with Crippen molar-refractivity contribution in [2.45, 2.75) is 325 Å². The molecular weight excluding hydrogens is 1590 g/mol. The maximum Gasteiger partial charge on any atom is 0.224 e. The van der Waals surface area contributed by atoms with Gasteiger partial charge in [-0.2, -0.15) is 0 Å². The number of methoxy groups -OCH3 is 2. The van der Waals surface area contributed by atoms with Gasteiger partial charge in [-0.1, -0.05) is 254 Å². The highest BCUT2D eigenvalue weighted by Crippen LogP contribution is 2.26. The van der Waals surface area contributed by atoms with E-state index < -0.39 is 0 Å². The van der Waals surface area contributed by atoms with E-state index in [0.717, 1.165) is 127 Å². The van der Waals surface area contributed by atoms with Gasteiger partial charge < -0.3 is 77.3 Å². The molecule has 5 amide bonds. The van der Waals surface area contributed by atoms with Gasteiger partial charge in [-0.25, -0.2) is 0 Å². The van der Waals surface area contributed by atoms with Crippen LogP contribution in [-0.4, -0.2) is 80.9 Å². The zero-order valence-corrected chi connectivity index (χ0v) is 78.7. The first-order chi connectivity index (χ1) is 61.6. The summed E-state index contributed by atoms with van der Waals surface area (Å²) in [6.07, 6.45) is 50.4. The van der Waals surface area contributed by atoms with E-state index in [4.69, 9.17) is 35.0 Å². The van der Waals surface area contributed by atoms with Crippen LogP contribution in [0, 0.1) is 5.92 Å². The predicted molar refractivity (Wildman–Crippen MR) is 531 cm³/mol. The van der Waals surface area contributed by atoms with E-state index in [0.29, 0.717) is 37.9 Å². The van der Waals surface area contributed by atoms with E-state index >= 15 is 0 Å². The first-order valence-electron chi connectivity index (χ1n) is 47.6. The zero-order valence-electron chi connectivity index (χ0n) is 78.7. The topological polar surface area (TPSA) is 309 Å². The van der Waals surface area contributed by atoms with Crippen LogP contribution in [0.2, 0.25) is 0 Å². The second-order valence-electron chi connectivity index (χ2n) is 32.8. The van der Waals surface area contributed by atoms with Gasteiger partial charge in [-0.3, -0.25) is 24.0 Å². The summed E-state index contributed by atoms with van der Waals surface area (Å²) in [7, 11) is 3.32. The number of rotatable bonds is 55. The minimum Gasteiger partial charge on any atom is -0.508 e. The summed E-state index contributed by atoms with van der Waals surface area (Å²) in [6, 6.07) is 55.4. The Labute approximate surface area is 763 Å². The zero-order chi connectivity index (χ0) is 92.8. The summed E-state index contributed by atoms with van der Waals surface area (Å²) in [4.78, 5) is 58.0. The van der Waals surface area contributed by atoms with Crippen LogP contribution in [0.25, 0.3) is 0 Å². The number of carbonyl (C=O) groups is 5. The lowest BCUT2D eigenvalue weighted by Gasteiger charge is -2.08. The summed E-state index contributed by atoms with van der Waals surface area (Å²) in [5.74, 6) is 4.09. The van der Waals surface area contributed by atoms with Crippen molar-refractivity contribution < 1.29 is 64.1 Å². The smallest absolute Gasteiger partial charge is 0.224 e. The molecule has 20 nitrogen and oxygen atoms in total. The molecule has 702 valence electrons. The number of aromatic hydroxyl groups is 6. The molecule has 0 aromatic heterocycles. The second-order valence-corrected chi connectivity index (χ2v) is 32.8. The first-order valence-corrected chi connectivity index (χ1v) is 47.6. The van der Waals surface area contributed by atoms with Gasteiger partial charge >= 0.3 is 0 Å². The van der Waals surface area contributed by atoms with Crippen molar-refractivity contribution in [2.24, 2.45) is 5.92 Å². The summed E-state index contributed by atoms with van der Waals surface area (Å²) in [6.45, 7) is 16.3. The molecule has 0 fully saturated rings. The molecule has 0 saturated heterocycles. The number of anilines is 8. The second kappa shape index (κ2) is 76.4. The SMILES string of the molecule is CC(C)CCCCCCC(=O)Nc1ccc(O)cc1.CCCC(=O)Nc1ccc(O)cc1.CCCCCCCCC(=O)Nc1ccc(O)cc1.CCCCCCCCCCCC(=O)Nc1ccc(O)cc1.CCCCCCCCCCCCCCCCCC(=O)Nc1ccc(O)cc1.CCCCNc1ccc(O)cc1.COc1ccc(Nc2ccc(OC)cc2)cc1. The number of nitrogens with one attached hydrogen (secondary N) is 7. The third-order valence-corrected chi connectivity index (χ3v) is 20.6. The lowest BCUT2D eigenvalue weighted by Crippen LogP contribution is -2.10. The van der Waals surface area contributed by atoms with Crippen molar-refractivity contribution in [1.29, 1.82) is 0 Å². The average Bonchev–Trinajstić information content (AvgIpc) is 0.866. The third kappa shape index (κ3) is 65.4. The number of unbranched alkanes of at least 4 members (excludes halogenated alkanes) is 31. The molecule has 0 unspecified atom stereocenters. The van der Waals surface area contributed by atoms with Crippen molar-refractivity contribution in [2.75, 3.05) is 58.0 Å². The van der Waals surface area contributed by atoms with Crippen LogP contribution in [0.4, 0.5) is 45.5 Å². The highest BCUT2D eigenvalue weighted by atomic mass is 16.5. The molecule has 8 aromatic rings. The van der Waals surface area contributed by atoms with Crippen molar-refractivity contribution in [3.05, 3.63) is 194 Å². The highest BCUT2D eigenvalue weighted by molar-refractivity contribution is 5.93. The van der Waals surface area contributed by atoms with E-state index in [-0.39, 0.29) is 58.3 Å². The Morgan fingerprint density at radius 3 is 0.646 bits per heavy atom. The molecule has 127 heavy (non-hydrogen) atoms. The molecule has 0 bridgehead atoms. The average molecular weight is 1750 g/mol. The minimum atomic E-state index is 0.00758. The Hall–Kier alpha value is -10.9. The normalized spacial score (nSPS) is 10.3. The molecular formula is C107H161N7O13. The molecule has 13 N–H and O–H groups in total. The van der Waals surface area contributed by atoms with Crippen molar-refractivity contribution in [3.8, 4) is 46.0 Å². The van der Waals surface area contributed by atoms with Crippen LogP contribution >= 0.6 is 0 Å². The maximum absolute atomic E-state index is 11.9. The van der Waals surface area contributed by atoms with Crippen LogP contribution in [0.15, 0.2) is 194 Å². The number of phenols is 6. The molecule has 8 rings (SSSR count). The van der Waals surface area contributed by atoms with Gasteiger partial charge in [0.05, 0.1) is 14.2 Å². The molecule has 20 heteroatoms. The fourth-order valence-electron chi connectivity index (χ4n) is 13.1. The Kier molecular flexibility index (Phi) is 67.4. The Bertz CT molecular complexity index is 3940. The quantitative estimate of drug-likeness (QED) is 0.0125.